The van der Waals surface area contributed by atoms with Gasteiger partial charge in [-0.15, -0.1) is 11.3 Å². The van der Waals surface area contributed by atoms with Crippen molar-refractivity contribution in [1.29, 1.82) is 0 Å². The Labute approximate surface area is 457 Å². The molecular formula is C73H46N4OS. The minimum atomic E-state index is -0.00170. The summed E-state index contributed by atoms with van der Waals surface area (Å²) >= 11 is 1.81. The summed E-state index contributed by atoms with van der Waals surface area (Å²) in [6, 6.07) is 86.1. The molecule has 1 unspecified atom stereocenters. The number of hydrogen-bond donors (Lipinski definition) is 0. The Morgan fingerprint density at radius 3 is 1.81 bits per heavy atom. The minimum Gasteiger partial charge on any atom is -0.453 e. The molecule has 5 nitrogen and oxygen atoms in total. The number of aromatic nitrogens is 2. The van der Waals surface area contributed by atoms with Crippen LogP contribution in [0.15, 0.2) is 257 Å². The van der Waals surface area contributed by atoms with Crippen molar-refractivity contribution >= 4 is 147 Å². The fraction of sp³-hybridized carbons (Fsp3) is 0.0411. The number of furan rings is 1. The van der Waals surface area contributed by atoms with Gasteiger partial charge in [-0.1, -0.05) is 177 Å². The van der Waals surface area contributed by atoms with Gasteiger partial charge < -0.3 is 13.6 Å². The van der Waals surface area contributed by atoms with Crippen LogP contribution in [-0.4, -0.2) is 20.7 Å². The van der Waals surface area contributed by atoms with Crippen molar-refractivity contribution in [1.82, 2.24) is 9.13 Å². The summed E-state index contributed by atoms with van der Waals surface area (Å²) in [6.07, 6.45) is 3.07. The van der Waals surface area contributed by atoms with Gasteiger partial charge in [0.15, 0.2) is 11.4 Å². The molecule has 16 aromatic rings. The van der Waals surface area contributed by atoms with Crippen LogP contribution in [-0.2, 0) is 0 Å². The summed E-state index contributed by atoms with van der Waals surface area (Å²) in [5.74, 6) is 0.682. The zero-order valence-electron chi connectivity index (χ0n) is 43.0. The van der Waals surface area contributed by atoms with Crippen LogP contribution >= 0.6 is 11.3 Å². The molecule has 0 saturated heterocycles. The lowest BCUT2D eigenvalue weighted by atomic mass is 9.91. The van der Waals surface area contributed by atoms with E-state index in [1.54, 1.807) is 0 Å². The Hall–Kier alpha value is -9.88. The molecule has 79 heavy (non-hydrogen) atoms. The van der Waals surface area contributed by atoms with Gasteiger partial charge in [0.25, 0.3) is 0 Å². The first-order valence-corrected chi connectivity index (χ1v) is 28.0. The number of nitrogens with zero attached hydrogens (tertiary/aromatic N) is 4. The Balaban J connectivity index is 0.971. The second-order valence-electron chi connectivity index (χ2n) is 21.2. The average molecular weight is 1030 g/mol. The van der Waals surface area contributed by atoms with Gasteiger partial charge >= 0.3 is 0 Å². The number of thiophene rings is 1. The van der Waals surface area contributed by atoms with Crippen molar-refractivity contribution in [3.05, 3.63) is 259 Å². The molecule has 6 heteroatoms. The highest BCUT2D eigenvalue weighted by Crippen LogP contribution is 2.45. The largest absolute Gasteiger partial charge is 0.453 e. The maximum Gasteiger partial charge on any atom is 0.161 e. The first-order valence-electron chi connectivity index (χ1n) is 27.2. The Morgan fingerprint density at radius 1 is 0.430 bits per heavy atom. The Morgan fingerprint density at radius 2 is 1.05 bits per heavy atom. The van der Waals surface area contributed by atoms with Crippen LogP contribution < -0.4 is 0 Å². The molecule has 1 atom stereocenters. The van der Waals surface area contributed by atoms with Gasteiger partial charge in [0.05, 0.1) is 39.2 Å². The highest BCUT2D eigenvalue weighted by molar-refractivity contribution is 7.26. The molecule has 0 N–H and O–H groups in total. The summed E-state index contributed by atoms with van der Waals surface area (Å²) in [4.78, 5) is 11.9. The van der Waals surface area contributed by atoms with Gasteiger partial charge in [0, 0.05) is 86.2 Å². The lowest BCUT2D eigenvalue weighted by Gasteiger charge is -2.21. The molecule has 0 bridgehead atoms. The van der Waals surface area contributed by atoms with E-state index < -0.39 is 0 Å². The van der Waals surface area contributed by atoms with Gasteiger partial charge in [-0.2, -0.15) is 0 Å². The first kappa shape index (κ1) is 44.3. The molecule has 1 aliphatic heterocycles. The van der Waals surface area contributed by atoms with E-state index in [9.17, 15) is 0 Å². The molecule has 4 aromatic heterocycles. The van der Waals surface area contributed by atoms with E-state index in [0.29, 0.717) is 12.3 Å². The van der Waals surface area contributed by atoms with Gasteiger partial charge in [-0.05, 0) is 106 Å². The number of para-hydroxylation sites is 3. The van der Waals surface area contributed by atoms with Gasteiger partial charge in [0.2, 0.25) is 0 Å². The second-order valence-corrected chi connectivity index (χ2v) is 22.3. The van der Waals surface area contributed by atoms with Crippen molar-refractivity contribution in [2.24, 2.45) is 15.9 Å². The summed E-state index contributed by atoms with van der Waals surface area (Å²) in [5.41, 5.74) is 13.3. The third kappa shape index (κ3) is 6.68. The van der Waals surface area contributed by atoms with E-state index in [0.717, 1.165) is 94.3 Å². The molecule has 12 aromatic carbocycles. The number of aliphatic imine (C=N–C) groups is 2. The number of amidine groups is 1. The van der Waals surface area contributed by atoms with Crippen LogP contribution in [0.3, 0.4) is 0 Å². The molecule has 0 radical (unpaired) electrons. The van der Waals surface area contributed by atoms with E-state index in [-0.39, 0.29) is 5.92 Å². The maximum atomic E-state index is 7.33. The molecule has 0 fully saturated rings. The zero-order valence-corrected chi connectivity index (χ0v) is 43.8. The first-order chi connectivity index (χ1) is 39.1. The molecule has 0 spiro atoms. The fourth-order valence-electron chi connectivity index (χ4n) is 13.0. The standard InChI is InChI=1S/C73H46N4OS/c1-43-33-36-62(74-73(58-30-16-28-56-53-26-12-14-32-67(53)79-72(56)58)75-68(43)57-29-15-27-54-52-25-11-13-31-63(52)76(69(54)57)50-22-3-2-4-23-50)49-39-61-55-35-34-44-17-9-10-24-51(44)70(55)78-71(61)66(42-49)77-64-40-47-20-7-5-18-45(47)37-59(64)60-38-46-19-6-8-21-48(46)41-65(60)77/h2-32,34-43H,33H2,1H3/b62-36+,74-73-,75-68+. The predicted molar refractivity (Wildman–Crippen MR) is 336 cm³/mol. The number of hydrogen-bond acceptors (Lipinski definition) is 4. The molecular weight excluding hydrogens is 981 g/mol. The third-order valence-corrected chi connectivity index (χ3v) is 17.9. The molecule has 370 valence electrons. The van der Waals surface area contributed by atoms with E-state index in [4.69, 9.17) is 14.4 Å². The summed E-state index contributed by atoms with van der Waals surface area (Å²) < 4.78 is 14.6. The Bertz CT molecular complexity index is 5280. The van der Waals surface area contributed by atoms with Crippen molar-refractivity contribution < 1.29 is 4.42 Å². The topological polar surface area (TPSA) is 47.7 Å². The zero-order chi connectivity index (χ0) is 51.9. The predicted octanol–water partition coefficient (Wildman–Crippen LogP) is 19.9. The minimum absolute atomic E-state index is 0.00170. The number of benzene rings is 12. The van der Waals surface area contributed by atoms with Crippen LogP contribution in [0.2, 0.25) is 0 Å². The van der Waals surface area contributed by atoms with Gasteiger partial charge in [-0.3, -0.25) is 0 Å². The van der Waals surface area contributed by atoms with Crippen LogP contribution in [0.25, 0.3) is 135 Å². The molecule has 0 amide bonds. The summed E-state index contributed by atoms with van der Waals surface area (Å²) in [6.45, 7) is 2.33. The second kappa shape index (κ2) is 17.1. The van der Waals surface area contributed by atoms with Crippen molar-refractivity contribution in [3.8, 4) is 11.4 Å². The number of rotatable bonds is 5. The van der Waals surface area contributed by atoms with Crippen molar-refractivity contribution in [2.75, 3.05) is 0 Å². The van der Waals surface area contributed by atoms with Crippen LogP contribution in [0, 0.1) is 5.92 Å². The molecule has 1 aliphatic rings. The highest BCUT2D eigenvalue weighted by Gasteiger charge is 2.27. The van der Waals surface area contributed by atoms with E-state index in [1.807, 2.05) is 11.3 Å². The average Bonchev–Trinajstić information content (AvgIpc) is 4.21. The molecule has 17 rings (SSSR count). The molecule has 5 heterocycles. The van der Waals surface area contributed by atoms with Crippen LogP contribution in [0.5, 0.6) is 0 Å². The quantitative estimate of drug-likeness (QED) is 0.169. The van der Waals surface area contributed by atoms with E-state index in [2.05, 4.69) is 259 Å². The Kier molecular flexibility index (Phi) is 9.56. The lowest BCUT2D eigenvalue weighted by Crippen LogP contribution is -2.18. The van der Waals surface area contributed by atoms with E-state index in [1.165, 1.54) is 63.3 Å². The van der Waals surface area contributed by atoms with E-state index >= 15 is 0 Å². The van der Waals surface area contributed by atoms with Crippen LogP contribution in [0.4, 0.5) is 0 Å². The fourth-order valence-corrected chi connectivity index (χ4v) is 14.2. The monoisotopic (exact) mass is 1030 g/mol. The highest BCUT2D eigenvalue weighted by atomic mass is 32.1. The third-order valence-electron chi connectivity index (χ3n) is 16.7. The summed E-state index contributed by atoms with van der Waals surface area (Å²) in [7, 11) is 0. The van der Waals surface area contributed by atoms with Gasteiger partial charge in [0.1, 0.15) is 5.58 Å². The summed E-state index contributed by atoms with van der Waals surface area (Å²) in [5, 5.41) is 16.3. The number of fused-ring (bicyclic) bond motifs is 16. The smallest absolute Gasteiger partial charge is 0.161 e. The van der Waals surface area contributed by atoms with Crippen LogP contribution in [0.1, 0.15) is 30.0 Å². The lowest BCUT2D eigenvalue weighted by molar-refractivity contribution is 0.670. The van der Waals surface area contributed by atoms with Gasteiger partial charge in [-0.25, -0.2) is 9.98 Å². The normalized spacial score (nSPS) is 16.4. The SMILES string of the molecule is CC1C/C=C(c2cc(-n3c4cc5ccccc5cc4c4cc5ccccc5cc43)c3oc4c5ccccc5ccc4c3c2)/N=C(c2cccc3c2sc2ccccc23)\N=C/1c1cccc2c3ccccc3n(-c3ccccc3)c12. The maximum absolute atomic E-state index is 7.33. The van der Waals surface area contributed by atoms with Crippen molar-refractivity contribution in [2.45, 2.75) is 13.3 Å². The molecule has 0 saturated carbocycles. The van der Waals surface area contributed by atoms with Crippen molar-refractivity contribution in [3.63, 3.8) is 0 Å². The number of allylic oxidation sites excluding steroid dienone is 1. The molecule has 0 aliphatic carbocycles.